The topological polar surface area (TPSA) is 78.8 Å². The third-order valence-corrected chi connectivity index (χ3v) is 5.94. The van der Waals surface area contributed by atoms with Gasteiger partial charge < -0.3 is 20.3 Å². The zero-order valence-corrected chi connectivity index (χ0v) is 20.6. The van der Waals surface area contributed by atoms with Gasteiger partial charge >= 0.3 is 5.97 Å². The minimum absolute atomic E-state index is 0.0915. The molecule has 3 N–H and O–H groups in total. The van der Waals surface area contributed by atoms with Gasteiger partial charge in [0, 0.05) is 6.04 Å². The number of ether oxygens (including phenoxy) is 1. The maximum Gasteiger partial charge on any atom is 0.321 e. The lowest BCUT2D eigenvalue weighted by atomic mass is 10.1. The SMILES string of the molecule is CC(C)N[C@@H](Cc1cc(I)c(Oc2ccc(O)c(I)c2)c(I)c1)C(=O)O. The fourth-order valence-corrected chi connectivity index (χ4v) is 4.96. The fraction of sp³-hybridized carbons (Fsp3) is 0.278. The summed E-state index contributed by atoms with van der Waals surface area (Å²) in [7, 11) is 0. The zero-order chi connectivity index (χ0) is 19.4. The number of aliphatic carboxylic acids is 1. The molecule has 2 rings (SSSR count). The summed E-state index contributed by atoms with van der Waals surface area (Å²) < 4.78 is 8.51. The van der Waals surface area contributed by atoms with E-state index in [0.717, 1.165) is 18.5 Å². The summed E-state index contributed by atoms with van der Waals surface area (Å²) in [5.74, 6) is 0.721. The van der Waals surface area contributed by atoms with Gasteiger partial charge in [0.2, 0.25) is 0 Å². The van der Waals surface area contributed by atoms with Crippen molar-refractivity contribution < 1.29 is 19.7 Å². The standard InChI is InChI=1S/C18H18I3NO4/c1-9(2)22-15(18(24)25)7-10-5-13(20)17(14(21)6-10)26-11-3-4-16(23)12(19)8-11/h3-6,8-9,15,22-23H,7H2,1-2H3,(H,24,25)/t15-/m0/s1. The van der Waals surface area contributed by atoms with Crippen molar-refractivity contribution in [3.63, 3.8) is 0 Å². The molecule has 5 nitrogen and oxygen atoms in total. The minimum Gasteiger partial charge on any atom is -0.507 e. The van der Waals surface area contributed by atoms with Crippen LogP contribution in [0.3, 0.4) is 0 Å². The molecular formula is C18H18I3NO4. The number of carbonyl (C=O) groups is 1. The third-order valence-electron chi connectivity index (χ3n) is 3.47. The summed E-state index contributed by atoms with van der Waals surface area (Å²) in [4.78, 5) is 11.5. The van der Waals surface area contributed by atoms with Crippen LogP contribution in [0.25, 0.3) is 0 Å². The first-order valence-electron chi connectivity index (χ1n) is 7.80. The van der Waals surface area contributed by atoms with Crippen molar-refractivity contribution in [3.8, 4) is 17.2 Å². The van der Waals surface area contributed by atoms with E-state index in [9.17, 15) is 15.0 Å². The Morgan fingerprint density at radius 1 is 1.12 bits per heavy atom. The van der Waals surface area contributed by atoms with Crippen molar-refractivity contribution in [2.75, 3.05) is 0 Å². The van der Waals surface area contributed by atoms with Crippen LogP contribution in [0.1, 0.15) is 19.4 Å². The Hall–Kier alpha value is -0.340. The second-order valence-electron chi connectivity index (χ2n) is 6.02. The quantitative estimate of drug-likeness (QED) is 0.357. The molecule has 2 aromatic rings. The second-order valence-corrected chi connectivity index (χ2v) is 9.51. The van der Waals surface area contributed by atoms with E-state index in [1.807, 2.05) is 48.6 Å². The van der Waals surface area contributed by atoms with E-state index in [4.69, 9.17) is 4.74 Å². The lowest BCUT2D eigenvalue weighted by Crippen LogP contribution is -2.42. The number of halogens is 3. The number of nitrogens with one attached hydrogen (secondary N) is 1. The molecule has 0 unspecified atom stereocenters. The van der Waals surface area contributed by atoms with Crippen LogP contribution in [0.15, 0.2) is 30.3 Å². The summed E-state index contributed by atoms with van der Waals surface area (Å²) in [6.45, 7) is 3.86. The molecule has 0 aliphatic heterocycles. The maximum atomic E-state index is 11.5. The second kappa shape index (κ2) is 9.73. The van der Waals surface area contributed by atoms with Crippen molar-refractivity contribution in [2.45, 2.75) is 32.4 Å². The molecule has 0 saturated heterocycles. The molecule has 0 aliphatic rings. The van der Waals surface area contributed by atoms with Crippen molar-refractivity contribution in [3.05, 3.63) is 46.6 Å². The van der Waals surface area contributed by atoms with Gasteiger partial charge in [0.15, 0.2) is 5.75 Å². The van der Waals surface area contributed by atoms with Crippen molar-refractivity contribution in [1.82, 2.24) is 5.32 Å². The lowest BCUT2D eigenvalue weighted by Gasteiger charge is -2.18. The molecule has 2 aromatic carbocycles. The van der Waals surface area contributed by atoms with Gasteiger partial charge in [0.1, 0.15) is 17.5 Å². The van der Waals surface area contributed by atoms with E-state index < -0.39 is 12.0 Å². The number of hydrogen-bond donors (Lipinski definition) is 3. The molecule has 26 heavy (non-hydrogen) atoms. The normalized spacial score (nSPS) is 12.2. The van der Waals surface area contributed by atoms with Crippen LogP contribution >= 0.6 is 67.8 Å². The molecular weight excluding hydrogens is 675 g/mol. The van der Waals surface area contributed by atoms with E-state index >= 15 is 0 Å². The molecule has 0 amide bonds. The van der Waals surface area contributed by atoms with E-state index in [1.54, 1.807) is 18.2 Å². The van der Waals surface area contributed by atoms with Gasteiger partial charge in [-0.25, -0.2) is 0 Å². The van der Waals surface area contributed by atoms with E-state index in [0.29, 0.717) is 15.7 Å². The van der Waals surface area contributed by atoms with Crippen LogP contribution in [0.4, 0.5) is 0 Å². The van der Waals surface area contributed by atoms with E-state index in [2.05, 4.69) is 50.5 Å². The Labute approximate surface area is 193 Å². The Balaban J connectivity index is 2.24. The molecule has 0 radical (unpaired) electrons. The van der Waals surface area contributed by atoms with Crippen molar-refractivity contribution in [1.29, 1.82) is 0 Å². The Morgan fingerprint density at radius 2 is 1.73 bits per heavy atom. The Morgan fingerprint density at radius 3 is 2.23 bits per heavy atom. The van der Waals surface area contributed by atoms with Gasteiger partial charge in [-0.2, -0.15) is 0 Å². The number of rotatable bonds is 7. The van der Waals surface area contributed by atoms with Crippen LogP contribution in [0.5, 0.6) is 17.2 Å². The molecule has 8 heteroatoms. The van der Waals surface area contributed by atoms with Crippen LogP contribution < -0.4 is 10.1 Å². The number of phenols is 1. The Bertz CT molecular complexity index is 788. The van der Waals surface area contributed by atoms with Crippen LogP contribution in [0, 0.1) is 10.7 Å². The largest absolute Gasteiger partial charge is 0.507 e. The number of carboxylic acids is 1. The van der Waals surface area contributed by atoms with Crippen molar-refractivity contribution >= 4 is 73.7 Å². The average Bonchev–Trinajstić information content (AvgIpc) is 2.53. The van der Waals surface area contributed by atoms with Gasteiger partial charge in [-0.05, 0) is 110 Å². The number of carboxylic acid groups (broad SMARTS) is 1. The zero-order valence-electron chi connectivity index (χ0n) is 14.1. The smallest absolute Gasteiger partial charge is 0.321 e. The molecule has 0 bridgehead atoms. The average molecular weight is 693 g/mol. The predicted octanol–water partition coefficient (Wildman–Crippen LogP) is 4.99. The molecule has 0 saturated carbocycles. The molecule has 0 heterocycles. The molecule has 0 aromatic heterocycles. The highest BCUT2D eigenvalue weighted by molar-refractivity contribution is 14.1. The number of benzene rings is 2. The summed E-state index contributed by atoms with van der Waals surface area (Å²) >= 11 is 6.44. The van der Waals surface area contributed by atoms with Gasteiger partial charge in [0.05, 0.1) is 10.7 Å². The van der Waals surface area contributed by atoms with Gasteiger partial charge in [-0.15, -0.1) is 0 Å². The molecule has 0 fully saturated rings. The molecule has 0 spiro atoms. The lowest BCUT2D eigenvalue weighted by molar-refractivity contribution is -0.139. The highest BCUT2D eigenvalue weighted by Crippen LogP contribution is 2.35. The molecule has 1 atom stereocenters. The number of phenolic OH excluding ortho intramolecular Hbond substituents is 1. The third kappa shape index (κ3) is 6.09. The highest BCUT2D eigenvalue weighted by Gasteiger charge is 2.20. The fourth-order valence-electron chi connectivity index (χ4n) is 2.35. The summed E-state index contributed by atoms with van der Waals surface area (Å²) in [5, 5.41) is 22.1. The van der Waals surface area contributed by atoms with E-state index in [1.165, 1.54) is 0 Å². The summed E-state index contributed by atoms with van der Waals surface area (Å²) in [6, 6.07) is 8.43. The monoisotopic (exact) mass is 693 g/mol. The van der Waals surface area contributed by atoms with Crippen LogP contribution in [0.2, 0.25) is 0 Å². The maximum absolute atomic E-state index is 11.5. The van der Waals surface area contributed by atoms with Gasteiger partial charge in [-0.1, -0.05) is 13.8 Å². The Kier molecular flexibility index (Phi) is 8.22. The highest BCUT2D eigenvalue weighted by atomic mass is 127. The van der Waals surface area contributed by atoms with Crippen LogP contribution in [-0.4, -0.2) is 28.3 Å². The predicted molar refractivity (Wildman–Crippen MR) is 126 cm³/mol. The van der Waals surface area contributed by atoms with Crippen molar-refractivity contribution in [2.24, 2.45) is 0 Å². The van der Waals surface area contributed by atoms with E-state index in [-0.39, 0.29) is 11.8 Å². The molecule has 0 aliphatic carbocycles. The number of aromatic hydroxyl groups is 1. The summed E-state index contributed by atoms with van der Waals surface area (Å²) in [6.07, 6.45) is 0.400. The van der Waals surface area contributed by atoms with Crippen LogP contribution in [-0.2, 0) is 11.2 Å². The van der Waals surface area contributed by atoms with Gasteiger partial charge in [-0.3, -0.25) is 4.79 Å². The first-order chi connectivity index (χ1) is 12.2. The number of hydrogen-bond acceptors (Lipinski definition) is 4. The minimum atomic E-state index is -0.859. The first-order valence-corrected chi connectivity index (χ1v) is 11.0. The first kappa shape index (κ1) is 22.0. The van der Waals surface area contributed by atoms with Gasteiger partial charge in [0.25, 0.3) is 0 Å². The summed E-state index contributed by atoms with van der Waals surface area (Å²) in [5.41, 5.74) is 0.937. The molecule has 140 valence electrons.